The summed E-state index contributed by atoms with van der Waals surface area (Å²) in [7, 11) is 0. The Morgan fingerprint density at radius 2 is 1.95 bits per heavy atom. The summed E-state index contributed by atoms with van der Waals surface area (Å²) < 4.78 is 5.35. The minimum atomic E-state index is -0.234. The average molecular weight is 303 g/mol. The Balaban J connectivity index is 1.45. The van der Waals surface area contributed by atoms with Gasteiger partial charge in [0.05, 0.1) is 6.04 Å². The third kappa shape index (κ3) is 2.35. The molecular weight excluding hydrogens is 278 g/mol. The molecule has 4 aliphatic carbocycles. The predicted molar refractivity (Wildman–Crippen MR) is 82.0 cm³/mol. The molecule has 1 unspecified atom stereocenters. The topological polar surface area (TPSA) is 81.1 Å². The molecule has 1 aromatic rings. The van der Waals surface area contributed by atoms with E-state index in [2.05, 4.69) is 10.3 Å². The van der Waals surface area contributed by atoms with Crippen LogP contribution in [-0.2, 0) is 0 Å². The van der Waals surface area contributed by atoms with Gasteiger partial charge in [-0.3, -0.25) is 4.79 Å². The van der Waals surface area contributed by atoms with Crippen LogP contribution in [0.3, 0.4) is 0 Å². The second kappa shape index (κ2) is 5.37. The number of nitrogens with one attached hydrogen (secondary N) is 1. The van der Waals surface area contributed by atoms with Gasteiger partial charge in [0.1, 0.15) is 6.26 Å². The highest BCUT2D eigenvalue weighted by Crippen LogP contribution is 2.53. The molecular formula is C17H25N3O2. The average Bonchev–Trinajstić information content (AvgIpc) is 2.99. The molecule has 0 aliphatic heterocycles. The molecule has 1 aromatic heterocycles. The van der Waals surface area contributed by atoms with Crippen LogP contribution in [0.1, 0.15) is 67.9 Å². The number of carbonyl (C=O) groups is 1. The summed E-state index contributed by atoms with van der Waals surface area (Å²) in [4.78, 5) is 16.7. The monoisotopic (exact) mass is 303 g/mol. The van der Waals surface area contributed by atoms with E-state index in [0.29, 0.717) is 29.5 Å². The Morgan fingerprint density at radius 1 is 1.32 bits per heavy atom. The molecule has 4 saturated carbocycles. The molecule has 4 bridgehead atoms. The van der Waals surface area contributed by atoms with Gasteiger partial charge in [-0.25, -0.2) is 4.98 Å². The van der Waals surface area contributed by atoms with Crippen molar-refractivity contribution in [3.63, 3.8) is 0 Å². The van der Waals surface area contributed by atoms with Gasteiger partial charge in [-0.15, -0.1) is 0 Å². The summed E-state index contributed by atoms with van der Waals surface area (Å²) in [5.41, 5.74) is 6.27. The van der Waals surface area contributed by atoms with E-state index in [9.17, 15) is 4.79 Å². The zero-order chi connectivity index (χ0) is 15.3. The lowest BCUT2D eigenvalue weighted by molar-refractivity contribution is -0.0120. The van der Waals surface area contributed by atoms with E-state index in [4.69, 9.17) is 10.2 Å². The van der Waals surface area contributed by atoms with Crippen LogP contribution < -0.4 is 11.1 Å². The molecule has 1 heterocycles. The first-order valence-electron chi connectivity index (χ1n) is 8.66. The lowest BCUT2D eigenvalue weighted by atomic mass is 9.54. The number of hydrogen-bond acceptors (Lipinski definition) is 4. The number of aromatic nitrogens is 1. The Morgan fingerprint density at radius 3 is 2.55 bits per heavy atom. The first kappa shape index (κ1) is 14.2. The van der Waals surface area contributed by atoms with Crippen LogP contribution in [0.5, 0.6) is 0 Å². The third-order valence-electron chi connectivity index (χ3n) is 6.04. The highest BCUT2D eigenvalue weighted by atomic mass is 16.3. The van der Waals surface area contributed by atoms with Crippen LogP contribution >= 0.6 is 0 Å². The molecule has 0 saturated heterocycles. The molecule has 5 nitrogen and oxygen atoms in total. The van der Waals surface area contributed by atoms with Crippen molar-refractivity contribution in [1.29, 1.82) is 0 Å². The van der Waals surface area contributed by atoms with Crippen molar-refractivity contribution in [2.45, 2.75) is 57.5 Å². The molecule has 0 spiro atoms. The number of carbonyl (C=O) groups excluding carboxylic acids is 1. The Hall–Kier alpha value is -1.36. The normalized spacial score (nSPS) is 37.3. The number of nitrogens with zero attached hydrogens (tertiary/aromatic N) is 1. The molecule has 5 heteroatoms. The molecule has 1 atom stereocenters. The lowest BCUT2D eigenvalue weighted by Crippen LogP contribution is -2.55. The maximum atomic E-state index is 12.5. The van der Waals surface area contributed by atoms with E-state index < -0.39 is 0 Å². The van der Waals surface area contributed by atoms with Crippen LogP contribution in [0.25, 0.3) is 0 Å². The first-order chi connectivity index (χ1) is 10.6. The van der Waals surface area contributed by atoms with E-state index in [1.54, 1.807) is 0 Å². The maximum Gasteiger partial charge on any atom is 0.273 e. The lowest BCUT2D eigenvalue weighted by Gasteiger charge is -2.54. The zero-order valence-corrected chi connectivity index (χ0v) is 13.1. The van der Waals surface area contributed by atoms with Crippen molar-refractivity contribution in [3.8, 4) is 0 Å². The van der Waals surface area contributed by atoms with Gasteiger partial charge in [0.15, 0.2) is 5.69 Å². The Labute approximate surface area is 131 Å². The summed E-state index contributed by atoms with van der Waals surface area (Å²) in [6.07, 6.45) is 8.79. The van der Waals surface area contributed by atoms with Gasteiger partial charge >= 0.3 is 0 Å². The van der Waals surface area contributed by atoms with Gasteiger partial charge < -0.3 is 15.5 Å². The summed E-state index contributed by atoms with van der Waals surface area (Å²) >= 11 is 0. The van der Waals surface area contributed by atoms with Crippen molar-refractivity contribution < 1.29 is 9.21 Å². The van der Waals surface area contributed by atoms with Gasteiger partial charge in [0.2, 0.25) is 5.89 Å². The summed E-state index contributed by atoms with van der Waals surface area (Å²) in [6, 6.07) is 0.100. The van der Waals surface area contributed by atoms with Crippen molar-refractivity contribution >= 4 is 5.91 Å². The van der Waals surface area contributed by atoms with Gasteiger partial charge in [-0.1, -0.05) is 6.92 Å². The smallest absolute Gasteiger partial charge is 0.273 e. The first-order valence-corrected chi connectivity index (χ1v) is 8.66. The zero-order valence-electron chi connectivity index (χ0n) is 13.1. The second-order valence-electron chi connectivity index (χ2n) is 7.52. The second-order valence-corrected chi connectivity index (χ2v) is 7.52. The van der Waals surface area contributed by atoms with E-state index >= 15 is 0 Å². The van der Waals surface area contributed by atoms with Crippen molar-refractivity contribution in [2.75, 3.05) is 0 Å². The highest BCUT2D eigenvalue weighted by molar-refractivity contribution is 5.92. The van der Waals surface area contributed by atoms with Crippen LogP contribution in [0.4, 0.5) is 0 Å². The molecule has 3 N–H and O–H groups in total. The summed E-state index contributed by atoms with van der Waals surface area (Å²) in [5.74, 6) is 3.52. The number of hydrogen-bond donors (Lipinski definition) is 2. The minimum Gasteiger partial charge on any atom is -0.446 e. The maximum absolute atomic E-state index is 12.5. The van der Waals surface area contributed by atoms with Gasteiger partial charge in [-0.2, -0.15) is 0 Å². The minimum absolute atomic E-state index is 0.101. The molecule has 4 fully saturated rings. The summed E-state index contributed by atoms with van der Waals surface area (Å²) in [6.45, 7) is 1.98. The van der Waals surface area contributed by atoms with Crippen molar-refractivity contribution in [3.05, 3.63) is 17.8 Å². The number of nitrogens with two attached hydrogens (primary N) is 1. The van der Waals surface area contributed by atoms with E-state index in [-0.39, 0.29) is 11.9 Å². The molecule has 120 valence electrons. The molecule has 1 amide bonds. The Kier molecular flexibility index (Phi) is 3.48. The van der Waals surface area contributed by atoms with Crippen molar-refractivity contribution in [1.82, 2.24) is 10.3 Å². The van der Waals surface area contributed by atoms with Gasteiger partial charge in [-0.05, 0) is 62.2 Å². The molecule has 0 aromatic carbocycles. The number of oxazole rings is 1. The molecule has 22 heavy (non-hydrogen) atoms. The third-order valence-corrected chi connectivity index (χ3v) is 6.04. The fourth-order valence-corrected chi connectivity index (χ4v) is 5.12. The van der Waals surface area contributed by atoms with Crippen molar-refractivity contribution in [2.24, 2.45) is 29.4 Å². The van der Waals surface area contributed by atoms with E-state index in [1.165, 1.54) is 38.4 Å². The van der Waals surface area contributed by atoms with Crippen LogP contribution in [0, 0.1) is 23.7 Å². The van der Waals surface area contributed by atoms with Gasteiger partial charge in [0.25, 0.3) is 5.91 Å². The van der Waals surface area contributed by atoms with Crippen LogP contribution in [-0.4, -0.2) is 16.9 Å². The molecule has 4 aliphatic rings. The predicted octanol–water partition coefficient (Wildman–Crippen LogP) is 2.64. The number of amides is 1. The number of rotatable bonds is 4. The highest BCUT2D eigenvalue weighted by Gasteiger charge is 2.48. The SMILES string of the molecule is CCC(N)c1nc(C(=O)NC2C3CC4CC(C3)CC2C4)co1. The summed E-state index contributed by atoms with van der Waals surface area (Å²) in [5, 5.41) is 3.25. The van der Waals surface area contributed by atoms with Gasteiger partial charge in [0, 0.05) is 6.04 Å². The fraction of sp³-hybridized carbons (Fsp3) is 0.765. The van der Waals surface area contributed by atoms with Crippen LogP contribution in [0.2, 0.25) is 0 Å². The van der Waals surface area contributed by atoms with Crippen LogP contribution in [0.15, 0.2) is 10.7 Å². The molecule has 5 rings (SSSR count). The Bertz CT molecular complexity index is 540. The van der Waals surface area contributed by atoms with E-state index in [0.717, 1.165) is 18.3 Å². The fourth-order valence-electron chi connectivity index (χ4n) is 5.12. The largest absolute Gasteiger partial charge is 0.446 e. The van der Waals surface area contributed by atoms with E-state index in [1.807, 2.05) is 6.92 Å². The standard InChI is InChI=1S/C17H25N3O2/c1-2-13(18)17-19-14(8-22-17)16(21)20-15-11-4-9-3-10(6-11)7-12(15)5-9/h8-13,15H,2-7,18H2,1H3,(H,20,21). The molecule has 0 radical (unpaired) electrons. The quantitative estimate of drug-likeness (QED) is 0.896.